The number of benzene rings is 2. The maximum atomic E-state index is 12.9. The number of carbonyl (C=O) groups excluding carboxylic acids is 1. The van der Waals surface area contributed by atoms with Crippen LogP contribution in [0.25, 0.3) is 6.08 Å². The number of carbonyl (C=O) groups is 1. The molecule has 1 heterocycles. The number of aromatic nitrogens is 1. The van der Waals surface area contributed by atoms with Crippen molar-refractivity contribution in [3.8, 4) is 23.0 Å². The van der Waals surface area contributed by atoms with E-state index in [4.69, 9.17) is 18.9 Å². The molecule has 0 saturated heterocycles. The van der Waals surface area contributed by atoms with Gasteiger partial charge in [-0.3, -0.25) is 4.79 Å². The van der Waals surface area contributed by atoms with Crippen LogP contribution in [0, 0.1) is 0 Å². The number of pyridine rings is 1. The van der Waals surface area contributed by atoms with Gasteiger partial charge in [0.05, 0.1) is 34.0 Å². The van der Waals surface area contributed by atoms with Gasteiger partial charge in [0.2, 0.25) is 0 Å². The molecule has 0 unspecified atom stereocenters. The van der Waals surface area contributed by atoms with E-state index in [0.717, 1.165) is 5.56 Å². The second-order valence-corrected chi connectivity index (χ2v) is 6.41. The number of anilines is 2. The van der Waals surface area contributed by atoms with Crippen molar-refractivity contribution in [1.29, 1.82) is 0 Å². The molecule has 0 spiro atoms. The fourth-order valence-electron chi connectivity index (χ4n) is 2.97. The highest BCUT2D eigenvalue weighted by Gasteiger charge is 2.12. The van der Waals surface area contributed by atoms with E-state index in [-0.39, 0.29) is 5.78 Å². The second kappa shape index (κ2) is 10.2. The van der Waals surface area contributed by atoms with Crippen molar-refractivity contribution in [1.82, 2.24) is 4.98 Å². The normalized spacial score (nSPS) is 10.6. The lowest BCUT2D eigenvalue weighted by atomic mass is 10.1. The first-order valence-electron chi connectivity index (χ1n) is 9.48. The highest BCUT2D eigenvalue weighted by Crippen LogP contribution is 2.31. The Morgan fingerprint density at radius 2 is 1.48 bits per heavy atom. The van der Waals surface area contributed by atoms with Crippen LogP contribution in [0.4, 0.5) is 11.5 Å². The van der Waals surface area contributed by atoms with Crippen LogP contribution in [0.15, 0.2) is 60.8 Å². The number of ether oxygens (including phenoxy) is 4. The molecular formula is C24H24N2O5. The molecule has 160 valence electrons. The van der Waals surface area contributed by atoms with Crippen molar-refractivity contribution in [3.05, 3.63) is 71.9 Å². The summed E-state index contributed by atoms with van der Waals surface area (Å²) in [7, 11) is 6.28. The van der Waals surface area contributed by atoms with Gasteiger partial charge in [0.15, 0.2) is 28.8 Å². The fourth-order valence-corrected chi connectivity index (χ4v) is 2.97. The smallest absolute Gasteiger partial charge is 0.189 e. The van der Waals surface area contributed by atoms with Gasteiger partial charge in [0, 0.05) is 18.0 Å². The number of methoxy groups -OCH3 is 4. The Morgan fingerprint density at radius 3 is 2.16 bits per heavy atom. The molecule has 0 aliphatic rings. The fraction of sp³-hybridized carbons (Fsp3) is 0.167. The van der Waals surface area contributed by atoms with E-state index in [1.807, 2.05) is 12.1 Å². The van der Waals surface area contributed by atoms with Gasteiger partial charge in [-0.2, -0.15) is 0 Å². The summed E-state index contributed by atoms with van der Waals surface area (Å²) in [6, 6.07) is 14.3. The molecule has 7 nitrogen and oxygen atoms in total. The largest absolute Gasteiger partial charge is 0.493 e. The lowest BCUT2D eigenvalue weighted by Crippen LogP contribution is -2.04. The van der Waals surface area contributed by atoms with Crippen molar-refractivity contribution in [2.75, 3.05) is 33.8 Å². The van der Waals surface area contributed by atoms with Gasteiger partial charge in [0.1, 0.15) is 5.82 Å². The summed E-state index contributed by atoms with van der Waals surface area (Å²) >= 11 is 0. The van der Waals surface area contributed by atoms with Crippen molar-refractivity contribution >= 4 is 23.4 Å². The van der Waals surface area contributed by atoms with E-state index < -0.39 is 0 Å². The Hall–Kier alpha value is -4.00. The number of ketones is 1. The number of nitrogens with one attached hydrogen (secondary N) is 1. The number of allylic oxidation sites excluding steroid dienone is 1. The molecule has 1 aromatic heterocycles. The zero-order valence-electron chi connectivity index (χ0n) is 17.8. The van der Waals surface area contributed by atoms with Crippen LogP contribution < -0.4 is 24.3 Å². The molecule has 0 amide bonds. The van der Waals surface area contributed by atoms with Crippen LogP contribution in [0.3, 0.4) is 0 Å². The average molecular weight is 420 g/mol. The molecule has 0 aliphatic heterocycles. The SMILES string of the molecule is COc1ccc(/C=C/C(=O)c2cccnc2Nc2ccc(OC)c(OC)c2)cc1OC. The average Bonchev–Trinajstić information content (AvgIpc) is 2.82. The monoisotopic (exact) mass is 420 g/mol. The maximum absolute atomic E-state index is 12.9. The molecule has 1 N–H and O–H groups in total. The predicted molar refractivity (Wildman–Crippen MR) is 120 cm³/mol. The van der Waals surface area contributed by atoms with E-state index in [0.29, 0.717) is 40.1 Å². The van der Waals surface area contributed by atoms with Gasteiger partial charge in [-0.1, -0.05) is 12.1 Å². The van der Waals surface area contributed by atoms with Crippen LogP contribution in [0.2, 0.25) is 0 Å². The summed E-state index contributed by atoms with van der Waals surface area (Å²) in [5.74, 6) is 2.66. The van der Waals surface area contributed by atoms with E-state index in [2.05, 4.69) is 10.3 Å². The summed E-state index contributed by atoms with van der Waals surface area (Å²) in [5.41, 5.74) is 1.97. The number of hydrogen-bond donors (Lipinski definition) is 1. The zero-order valence-corrected chi connectivity index (χ0v) is 17.8. The highest BCUT2D eigenvalue weighted by atomic mass is 16.5. The lowest BCUT2D eigenvalue weighted by Gasteiger charge is -2.12. The number of hydrogen-bond acceptors (Lipinski definition) is 7. The first kappa shape index (κ1) is 21.7. The van der Waals surface area contributed by atoms with Crippen LogP contribution in [-0.2, 0) is 0 Å². The number of nitrogens with zero attached hydrogens (tertiary/aromatic N) is 1. The first-order valence-corrected chi connectivity index (χ1v) is 9.48. The van der Waals surface area contributed by atoms with Gasteiger partial charge >= 0.3 is 0 Å². The van der Waals surface area contributed by atoms with Gasteiger partial charge in [-0.15, -0.1) is 0 Å². The van der Waals surface area contributed by atoms with Crippen LogP contribution in [-0.4, -0.2) is 39.2 Å². The summed E-state index contributed by atoms with van der Waals surface area (Å²) in [5, 5.41) is 3.17. The van der Waals surface area contributed by atoms with Crippen LogP contribution >= 0.6 is 0 Å². The van der Waals surface area contributed by atoms with Crippen molar-refractivity contribution in [3.63, 3.8) is 0 Å². The van der Waals surface area contributed by atoms with Crippen molar-refractivity contribution < 1.29 is 23.7 Å². The minimum absolute atomic E-state index is 0.189. The van der Waals surface area contributed by atoms with E-state index in [1.54, 1.807) is 77.1 Å². The molecule has 0 atom stereocenters. The van der Waals surface area contributed by atoms with E-state index >= 15 is 0 Å². The molecule has 2 aromatic carbocycles. The Morgan fingerprint density at radius 1 is 0.839 bits per heavy atom. The lowest BCUT2D eigenvalue weighted by molar-refractivity contribution is 0.104. The third kappa shape index (κ3) is 5.14. The van der Waals surface area contributed by atoms with E-state index in [1.165, 1.54) is 6.08 Å². The standard InChI is InChI=1S/C24H24N2O5/c1-28-20-11-8-16(14-22(20)30-3)7-10-19(27)18-6-5-13-25-24(18)26-17-9-12-21(29-2)23(15-17)31-4/h5-15H,1-4H3,(H,25,26)/b10-7+. The predicted octanol–water partition coefficient (Wildman–Crippen LogP) is 4.76. The molecular weight excluding hydrogens is 396 g/mol. The molecule has 0 radical (unpaired) electrons. The zero-order chi connectivity index (χ0) is 22.2. The summed E-state index contributed by atoms with van der Waals surface area (Å²) < 4.78 is 21.1. The molecule has 7 heteroatoms. The molecule has 0 saturated carbocycles. The van der Waals surface area contributed by atoms with Crippen LogP contribution in [0.5, 0.6) is 23.0 Å². The van der Waals surface area contributed by atoms with Crippen LogP contribution in [0.1, 0.15) is 15.9 Å². The quantitative estimate of drug-likeness (QED) is 0.395. The minimum atomic E-state index is -0.189. The van der Waals surface area contributed by atoms with Gasteiger partial charge in [0.25, 0.3) is 0 Å². The highest BCUT2D eigenvalue weighted by molar-refractivity contribution is 6.10. The Balaban J connectivity index is 1.83. The van der Waals surface area contributed by atoms with Gasteiger partial charge in [-0.05, 0) is 48.0 Å². The van der Waals surface area contributed by atoms with Crippen molar-refractivity contribution in [2.24, 2.45) is 0 Å². The van der Waals surface area contributed by atoms with Crippen molar-refractivity contribution in [2.45, 2.75) is 0 Å². The number of rotatable bonds is 9. The molecule has 3 aromatic rings. The third-order valence-electron chi connectivity index (χ3n) is 4.55. The summed E-state index contributed by atoms with van der Waals surface area (Å²) in [6.45, 7) is 0. The first-order chi connectivity index (χ1) is 15.1. The molecule has 31 heavy (non-hydrogen) atoms. The Labute approximate surface area is 181 Å². The summed E-state index contributed by atoms with van der Waals surface area (Å²) in [6.07, 6.45) is 4.84. The summed E-state index contributed by atoms with van der Waals surface area (Å²) in [4.78, 5) is 17.2. The minimum Gasteiger partial charge on any atom is -0.493 e. The topological polar surface area (TPSA) is 78.9 Å². The van der Waals surface area contributed by atoms with E-state index in [9.17, 15) is 4.79 Å². The maximum Gasteiger partial charge on any atom is 0.189 e. The second-order valence-electron chi connectivity index (χ2n) is 6.41. The molecule has 0 aliphatic carbocycles. The Bertz CT molecular complexity index is 1100. The Kier molecular flexibility index (Phi) is 7.11. The van der Waals surface area contributed by atoms with Gasteiger partial charge < -0.3 is 24.3 Å². The molecule has 0 bridgehead atoms. The molecule has 0 fully saturated rings. The molecule has 3 rings (SSSR count). The van der Waals surface area contributed by atoms with Gasteiger partial charge in [-0.25, -0.2) is 4.98 Å². The third-order valence-corrected chi connectivity index (χ3v) is 4.55.